The molecule has 0 aliphatic heterocycles. The van der Waals surface area contributed by atoms with Gasteiger partial charge in [-0.25, -0.2) is 0 Å². The van der Waals surface area contributed by atoms with Gasteiger partial charge in [0, 0.05) is 19.3 Å². The van der Waals surface area contributed by atoms with Gasteiger partial charge in [-0.1, -0.05) is 284 Å². The average Bonchev–Trinajstić information content (AvgIpc) is 3.43. The Morgan fingerprint density at radius 2 is 0.506 bits per heavy atom. The van der Waals surface area contributed by atoms with Gasteiger partial charge in [-0.15, -0.1) is 0 Å². The Hall–Kier alpha value is -4.19. The van der Waals surface area contributed by atoms with Crippen molar-refractivity contribution in [1.29, 1.82) is 0 Å². The summed E-state index contributed by atoms with van der Waals surface area (Å²) < 4.78 is 16.9. The van der Waals surface area contributed by atoms with Crippen LogP contribution in [0.5, 0.6) is 0 Å². The molecule has 0 radical (unpaired) electrons. The summed E-state index contributed by atoms with van der Waals surface area (Å²) in [6.07, 6.45) is 89.3. The molecule has 0 fully saturated rings. The first-order valence-corrected chi connectivity index (χ1v) is 32.0. The van der Waals surface area contributed by atoms with Crippen LogP contribution >= 0.6 is 0 Å². The molecule has 6 nitrogen and oxygen atoms in total. The highest BCUT2D eigenvalue weighted by atomic mass is 16.6. The molecule has 0 aromatic heterocycles. The Labute approximate surface area is 475 Å². The maximum Gasteiger partial charge on any atom is 0.306 e. The second kappa shape index (κ2) is 64.3. The zero-order valence-corrected chi connectivity index (χ0v) is 50.2. The van der Waals surface area contributed by atoms with Crippen LogP contribution < -0.4 is 0 Å². The average molecular weight is 1070 g/mol. The first kappa shape index (κ1) is 72.8. The van der Waals surface area contributed by atoms with Crippen molar-refractivity contribution in [2.24, 2.45) is 0 Å². The highest BCUT2D eigenvalue weighted by Crippen LogP contribution is 2.16. The van der Waals surface area contributed by atoms with Crippen molar-refractivity contribution in [3.8, 4) is 0 Å². The minimum atomic E-state index is -0.801. The molecule has 0 aliphatic carbocycles. The normalized spacial score (nSPS) is 12.9. The summed E-state index contributed by atoms with van der Waals surface area (Å²) in [6.45, 7) is 6.39. The van der Waals surface area contributed by atoms with Gasteiger partial charge in [0.05, 0.1) is 0 Å². The fourth-order valence-electron chi connectivity index (χ4n) is 8.73. The molecule has 0 saturated heterocycles. The van der Waals surface area contributed by atoms with Gasteiger partial charge < -0.3 is 14.2 Å². The summed E-state index contributed by atoms with van der Waals surface area (Å²) >= 11 is 0. The number of ether oxygens (including phenoxy) is 3. The number of hydrogen-bond donors (Lipinski definition) is 0. The number of rotatable bonds is 57. The van der Waals surface area contributed by atoms with Crippen molar-refractivity contribution in [2.75, 3.05) is 13.2 Å². The third-order valence-electron chi connectivity index (χ3n) is 13.5. The Balaban J connectivity index is 4.26. The van der Waals surface area contributed by atoms with Gasteiger partial charge in [-0.2, -0.15) is 0 Å². The SMILES string of the molecule is CC/C=C\C/C=C\C/C=C\C/C=C\C/C=C\C/C=C\CCCCCCCCCCCCCCC(=O)OCC(COC(=O)CCCCCCCCCCCCCCC)OC(=O)CCCC/C=C\C/C=C\C/C=C\C/C=C\CC. The first-order chi connectivity index (χ1) is 38.0. The van der Waals surface area contributed by atoms with Gasteiger partial charge in [0.2, 0.25) is 0 Å². The fraction of sp³-hybridized carbons (Fsp3) is 0.676. The second-order valence-corrected chi connectivity index (χ2v) is 20.9. The van der Waals surface area contributed by atoms with E-state index in [9.17, 15) is 14.4 Å². The van der Waals surface area contributed by atoms with Crippen LogP contribution in [-0.2, 0) is 28.6 Å². The first-order valence-electron chi connectivity index (χ1n) is 32.0. The lowest BCUT2D eigenvalue weighted by molar-refractivity contribution is -0.167. The molecule has 0 aliphatic rings. The molecule has 1 unspecified atom stereocenters. The topological polar surface area (TPSA) is 78.9 Å². The lowest BCUT2D eigenvalue weighted by Gasteiger charge is -2.18. The molecule has 0 spiro atoms. The molecule has 0 heterocycles. The van der Waals surface area contributed by atoms with Gasteiger partial charge in [0.1, 0.15) is 13.2 Å². The van der Waals surface area contributed by atoms with Gasteiger partial charge in [0.15, 0.2) is 6.10 Å². The number of unbranched alkanes of at least 4 members (excludes halogenated alkanes) is 26. The van der Waals surface area contributed by atoms with Crippen LogP contribution in [0.25, 0.3) is 0 Å². The van der Waals surface area contributed by atoms with E-state index in [0.717, 1.165) is 116 Å². The fourth-order valence-corrected chi connectivity index (χ4v) is 8.73. The Morgan fingerprint density at radius 3 is 0.818 bits per heavy atom. The summed E-state index contributed by atoms with van der Waals surface area (Å²) in [7, 11) is 0. The molecule has 0 aromatic rings. The molecule has 438 valence electrons. The van der Waals surface area contributed by atoms with E-state index in [4.69, 9.17) is 14.2 Å². The van der Waals surface area contributed by atoms with Crippen LogP contribution in [0.2, 0.25) is 0 Å². The summed E-state index contributed by atoms with van der Waals surface area (Å²) in [6, 6.07) is 0. The predicted molar refractivity (Wildman–Crippen MR) is 334 cm³/mol. The minimum absolute atomic E-state index is 0.0939. The lowest BCUT2D eigenvalue weighted by Crippen LogP contribution is -2.30. The monoisotopic (exact) mass is 1070 g/mol. The summed E-state index contributed by atoms with van der Waals surface area (Å²) in [4.78, 5) is 38.2. The van der Waals surface area contributed by atoms with E-state index in [0.29, 0.717) is 19.3 Å². The maximum absolute atomic E-state index is 12.9. The number of allylic oxidation sites excluding steroid dienone is 20. The lowest BCUT2D eigenvalue weighted by atomic mass is 10.0. The Bertz CT molecular complexity index is 1600. The van der Waals surface area contributed by atoms with Crippen LogP contribution in [0.4, 0.5) is 0 Å². The summed E-state index contributed by atoms with van der Waals surface area (Å²) in [5.41, 5.74) is 0. The van der Waals surface area contributed by atoms with Crippen LogP contribution in [-0.4, -0.2) is 37.2 Å². The highest BCUT2D eigenvalue weighted by Gasteiger charge is 2.19. The summed E-state index contributed by atoms with van der Waals surface area (Å²) in [5, 5.41) is 0. The third kappa shape index (κ3) is 62.5. The van der Waals surface area contributed by atoms with Crippen LogP contribution in [0.3, 0.4) is 0 Å². The molecule has 77 heavy (non-hydrogen) atoms. The summed E-state index contributed by atoms with van der Waals surface area (Å²) in [5.74, 6) is -0.933. The molecule has 0 amide bonds. The van der Waals surface area contributed by atoms with E-state index < -0.39 is 6.10 Å². The Morgan fingerprint density at radius 1 is 0.273 bits per heavy atom. The Kier molecular flexibility index (Phi) is 60.8. The third-order valence-corrected chi connectivity index (χ3v) is 13.5. The molecule has 0 bridgehead atoms. The van der Waals surface area contributed by atoms with E-state index in [1.807, 2.05) is 0 Å². The molecule has 6 heteroatoms. The van der Waals surface area contributed by atoms with Gasteiger partial charge in [0.25, 0.3) is 0 Å². The van der Waals surface area contributed by atoms with Gasteiger partial charge >= 0.3 is 17.9 Å². The molecular formula is C71H118O6. The van der Waals surface area contributed by atoms with Crippen LogP contribution in [0.1, 0.15) is 290 Å². The zero-order valence-electron chi connectivity index (χ0n) is 50.2. The van der Waals surface area contributed by atoms with Crippen LogP contribution in [0.15, 0.2) is 122 Å². The van der Waals surface area contributed by atoms with Crippen molar-refractivity contribution in [2.45, 2.75) is 297 Å². The van der Waals surface area contributed by atoms with Gasteiger partial charge in [-0.05, 0) is 109 Å². The minimum Gasteiger partial charge on any atom is -0.462 e. The molecular weight excluding hydrogens is 949 g/mol. The molecule has 0 saturated carbocycles. The van der Waals surface area contributed by atoms with Crippen molar-refractivity contribution in [1.82, 2.24) is 0 Å². The van der Waals surface area contributed by atoms with Crippen molar-refractivity contribution in [3.05, 3.63) is 122 Å². The quantitative estimate of drug-likeness (QED) is 0.0261. The van der Waals surface area contributed by atoms with Crippen molar-refractivity contribution >= 4 is 17.9 Å². The number of hydrogen-bond acceptors (Lipinski definition) is 6. The van der Waals surface area contributed by atoms with E-state index in [-0.39, 0.29) is 37.5 Å². The maximum atomic E-state index is 12.9. The number of esters is 3. The molecule has 1 atom stereocenters. The van der Waals surface area contributed by atoms with Gasteiger partial charge in [-0.3, -0.25) is 14.4 Å². The smallest absolute Gasteiger partial charge is 0.306 e. The number of carbonyl (C=O) groups is 3. The highest BCUT2D eigenvalue weighted by molar-refractivity contribution is 5.71. The largest absolute Gasteiger partial charge is 0.462 e. The van der Waals surface area contributed by atoms with Crippen LogP contribution in [0, 0.1) is 0 Å². The standard InChI is InChI=1S/C71H118O6/c1-4-7-10-13-16-19-22-25-27-28-29-30-31-32-33-34-35-36-37-38-39-40-41-42-44-46-49-52-55-58-61-64-70(73)76-67-68(66-75-69(72)63-60-57-54-51-48-45-24-21-18-15-12-9-6-3)77-71(74)65-62-59-56-53-50-47-43-26-23-20-17-14-11-8-5-2/h7-8,10-11,16-17,19-20,25-27,29-30,32-33,35-36,43,50,53,68H,4-6,9,12-15,18,21-24,28,31,34,37-42,44-49,51-52,54-67H2,1-3H3/b10-7-,11-8-,19-16-,20-17-,27-25-,30-29-,33-32-,36-35-,43-26-,53-50-. The zero-order chi connectivity index (χ0) is 55.7. The second-order valence-electron chi connectivity index (χ2n) is 20.9. The molecule has 0 aromatic carbocycles. The van der Waals surface area contributed by atoms with Crippen molar-refractivity contribution in [3.63, 3.8) is 0 Å². The molecule has 0 rings (SSSR count). The van der Waals surface area contributed by atoms with Crippen molar-refractivity contribution < 1.29 is 28.6 Å². The van der Waals surface area contributed by atoms with E-state index in [1.165, 1.54) is 128 Å². The van der Waals surface area contributed by atoms with E-state index in [2.05, 4.69) is 142 Å². The number of carbonyl (C=O) groups excluding carboxylic acids is 3. The van der Waals surface area contributed by atoms with E-state index >= 15 is 0 Å². The van der Waals surface area contributed by atoms with E-state index in [1.54, 1.807) is 0 Å². The predicted octanol–water partition coefficient (Wildman–Crippen LogP) is 22.0. The molecule has 0 N–H and O–H groups in total.